The fourth-order valence-electron chi connectivity index (χ4n) is 1.57. The fourth-order valence-corrected chi connectivity index (χ4v) is 1.57. The number of urea groups is 1. The van der Waals surface area contributed by atoms with Gasteiger partial charge in [-0.05, 0) is 13.3 Å². The molecule has 0 aromatic carbocycles. The number of carbonyl (C=O) groups is 1. The molecule has 2 rings (SSSR count). The van der Waals surface area contributed by atoms with Crippen molar-refractivity contribution in [2.45, 2.75) is 13.3 Å². The number of nitrogens with one attached hydrogen (secondary N) is 2. The van der Waals surface area contributed by atoms with Crippen LogP contribution in [0.4, 0.5) is 10.6 Å². The van der Waals surface area contributed by atoms with E-state index in [9.17, 15) is 4.79 Å². The van der Waals surface area contributed by atoms with E-state index in [0.717, 1.165) is 19.6 Å². The van der Waals surface area contributed by atoms with Crippen molar-refractivity contribution in [2.24, 2.45) is 5.92 Å². The van der Waals surface area contributed by atoms with Crippen LogP contribution in [0.2, 0.25) is 0 Å². The summed E-state index contributed by atoms with van der Waals surface area (Å²) in [6.45, 7) is 3.91. The molecule has 1 aromatic heterocycles. The molecular weight excluding hydrogens is 210 g/mol. The van der Waals surface area contributed by atoms with Crippen LogP contribution < -0.4 is 10.6 Å². The van der Waals surface area contributed by atoms with Gasteiger partial charge >= 0.3 is 6.03 Å². The Balaban J connectivity index is 1.71. The minimum Gasteiger partial charge on any atom is -0.381 e. The summed E-state index contributed by atoms with van der Waals surface area (Å²) in [7, 11) is 0. The summed E-state index contributed by atoms with van der Waals surface area (Å²) in [6.07, 6.45) is 1.00. The first-order valence-electron chi connectivity index (χ1n) is 5.30. The number of aryl methyl sites for hydroxylation is 1. The maximum Gasteiger partial charge on any atom is 0.320 e. The summed E-state index contributed by atoms with van der Waals surface area (Å²) in [5.74, 6) is 1.52. The number of carbonyl (C=O) groups excluding carboxylic acids is 1. The molecule has 0 saturated carbocycles. The first kappa shape index (κ1) is 10.9. The van der Waals surface area contributed by atoms with Crippen molar-refractivity contribution >= 4 is 11.8 Å². The molecule has 0 spiro atoms. The Bertz CT molecular complexity index is 358. The Kier molecular flexibility index (Phi) is 3.40. The van der Waals surface area contributed by atoms with Crippen LogP contribution in [0, 0.1) is 12.8 Å². The van der Waals surface area contributed by atoms with E-state index in [1.165, 1.54) is 0 Å². The summed E-state index contributed by atoms with van der Waals surface area (Å²) in [5.41, 5.74) is 0. The third-order valence-electron chi connectivity index (χ3n) is 2.44. The van der Waals surface area contributed by atoms with Crippen molar-refractivity contribution in [2.75, 3.05) is 25.1 Å². The number of ether oxygens (including phenoxy) is 1. The summed E-state index contributed by atoms with van der Waals surface area (Å²) in [5, 5.41) is 9.03. The molecule has 0 unspecified atom stereocenters. The van der Waals surface area contributed by atoms with E-state index >= 15 is 0 Å². The number of amides is 2. The van der Waals surface area contributed by atoms with E-state index in [1.54, 1.807) is 13.0 Å². The van der Waals surface area contributed by atoms with Crippen molar-refractivity contribution in [1.82, 2.24) is 10.5 Å². The van der Waals surface area contributed by atoms with Gasteiger partial charge in [0.05, 0.1) is 6.61 Å². The SMILES string of the molecule is Cc1cc(NC(=O)NC[C@@H]2CCOC2)no1. The number of rotatable bonds is 3. The molecule has 88 valence electrons. The van der Waals surface area contributed by atoms with Crippen LogP contribution in [0.25, 0.3) is 0 Å². The molecule has 0 bridgehead atoms. The Labute approximate surface area is 93.3 Å². The van der Waals surface area contributed by atoms with Gasteiger partial charge in [0, 0.05) is 25.1 Å². The number of aromatic nitrogens is 1. The molecule has 1 aliphatic rings. The molecule has 0 aliphatic carbocycles. The van der Waals surface area contributed by atoms with Gasteiger partial charge in [-0.15, -0.1) is 0 Å². The highest BCUT2D eigenvalue weighted by Gasteiger charge is 2.16. The van der Waals surface area contributed by atoms with Gasteiger partial charge in [0.15, 0.2) is 5.82 Å². The molecule has 6 nitrogen and oxygen atoms in total. The highest BCUT2D eigenvalue weighted by molar-refractivity contribution is 5.88. The maximum absolute atomic E-state index is 11.4. The van der Waals surface area contributed by atoms with Crippen LogP contribution >= 0.6 is 0 Å². The van der Waals surface area contributed by atoms with E-state index in [0.29, 0.717) is 24.0 Å². The van der Waals surface area contributed by atoms with E-state index < -0.39 is 0 Å². The number of nitrogens with zero attached hydrogens (tertiary/aromatic N) is 1. The van der Waals surface area contributed by atoms with Gasteiger partial charge in [-0.2, -0.15) is 0 Å². The molecule has 2 amide bonds. The van der Waals surface area contributed by atoms with Crippen molar-refractivity contribution in [1.29, 1.82) is 0 Å². The molecule has 0 radical (unpaired) electrons. The molecular formula is C10H15N3O3. The van der Waals surface area contributed by atoms with E-state index in [1.807, 2.05) is 0 Å². The largest absolute Gasteiger partial charge is 0.381 e. The lowest BCUT2D eigenvalue weighted by Gasteiger charge is -2.08. The van der Waals surface area contributed by atoms with Crippen molar-refractivity contribution in [3.05, 3.63) is 11.8 Å². The van der Waals surface area contributed by atoms with Gasteiger partial charge < -0.3 is 14.6 Å². The molecule has 1 aromatic rings. The van der Waals surface area contributed by atoms with E-state index in [2.05, 4.69) is 15.8 Å². The first-order chi connectivity index (χ1) is 7.74. The highest BCUT2D eigenvalue weighted by atomic mass is 16.5. The lowest BCUT2D eigenvalue weighted by Crippen LogP contribution is -2.33. The van der Waals surface area contributed by atoms with Crippen LogP contribution in [0.1, 0.15) is 12.2 Å². The van der Waals surface area contributed by atoms with Crippen molar-refractivity contribution in [3.63, 3.8) is 0 Å². The number of hydrogen-bond donors (Lipinski definition) is 2. The fraction of sp³-hybridized carbons (Fsp3) is 0.600. The second-order valence-electron chi connectivity index (χ2n) is 3.89. The van der Waals surface area contributed by atoms with Gasteiger partial charge in [-0.3, -0.25) is 5.32 Å². The predicted octanol–water partition coefficient (Wildman–Crippen LogP) is 1.14. The lowest BCUT2D eigenvalue weighted by atomic mass is 10.1. The third kappa shape index (κ3) is 2.96. The van der Waals surface area contributed by atoms with Gasteiger partial charge in [0.25, 0.3) is 0 Å². The Hall–Kier alpha value is -1.56. The zero-order valence-corrected chi connectivity index (χ0v) is 9.16. The number of anilines is 1. The monoisotopic (exact) mass is 225 g/mol. The van der Waals surface area contributed by atoms with Gasteiger partial charge in [0.1, 0.15) is 5.76 Å². The molecule has 1 aliphatic heterocycles. The molecule has 1 atom stereocenters. The van der Waals surface area contributed by atoms with Crippen LogP contribution in [0.3, 0.4) is 0 Å². The average molecular weight is 225 g/mol. The Morgan fingerprint density at radius 1 is 1.69 bits per heavy atom. The minimum absolute atomic E-state index is 0.264. The summed E-state index contributed by atoms with van der Waals surface area (Å²) in [4.78, 5) is 11.4. The molecule has 2 N–H and O–H groups in total. The maximum atomic E-state index is 11.4. The normalized spacial score (nSPS) is 19.7. The van der Waals surface area contributed by atoms with E-state index in [4.69, 9.17) is 9.26 Å². The van der Waals surface area contributed by atoms with Gasteiger partial charge in [-0.25, -0.2) is 4.79 Å². The van der Waals surface area contributed by atoms with Crippen molar-refractivity contribution in [3.8, 4) is 0 Å². The summed E-state index contributed by atoms with van der Waals surface area (Å²) >= 11 is 0. The number of hydrogen-bond acceptors (Lipinski definition) is 4. The molecule has 2 heterocycles. The van der Waals surface area contributed by atoms with Crippen molar-refractivity contribution < 1.29 is 14.1 Å². The lowest BCUT2D eigenvalue weighted by molar-refractivity contribution is 0.185. The molecule has 16 heavy (non-hydrogen) atoms. The van der Waals surface area contributed by atoms with Crippen LogP contribution in [0.5, 0.6) is 0 Å². The topological polar surface area (TPSA) is 76.4 Å². The summed E-state index contributed by atoms with van der Waals surface area (Å²) in [6, 6.07) is 1.40. The molecule has 1 saturated heterocycles. The minimum atomic E-state index is -0.264. The summed E-state index contributed by atoms with van der Waals surface area (Å²) < 4.78 is 10.0. The second kappa shape index (κ2) is 4.98. The Morgan fingerprint density at radius 3 is 3.19 bits per heavy atom. The first-order valence-corrected chi connectivity index (χ1v) is 5.30. The van der Waals surface area contributed by atoms with Crippen LogP contribution in [0.15, 0.2) is 10.6 Å². The zero-order valence-electron chi connectivity index (χ0n) is 9.16. The smallest absolute Gasteiger partial charge is 0.320 e. The van der Waals surface area contributed by atoms with Crippen LogP contribution in [-0.4, -0.2) is 30.9 Å². The predicted molar refractivity (Wildman–Crippen MR) is 57.2 cm³/mol. The Morgan fingerprint density at radius 2 is 2.56 bits per heavy atom. The molecule has 6 heteroatoms. The van der Waals surface area contributed by atoms with E-state index in [-0.39, 0.29) is 6.03 Å². The quantitative estimate of drug-likeness (QED) is 0.808. The average Bonchev–Trinajstić information content (AvgIpc) is 2.87. The van der Waals surface area contributed by atoms with Crippen LogP contribution in [-0.2, 0) is 4.74 Å². The second-order valence-corrected chi connectivity index (χ2v) is 3.89. The third-order valence-corrected chi connectivity index (χ3v) is 2.44. The van der Waals surface area contributed by atoms with Gasteiger partial charge in [0.2, 0.25) is 0 Å². The highest BCUT2D eigenvalue weighted by Crippen LogP contribution is 2.11. The standard InChI is InChI=1S/C10H15N3O3/c1-7-4-9(13-16-7)12-10(14)11-5-8-2-3-15-6-8/h4,8H,2-3,5-6H2,1H3,(H2,11,12,13,14)/t8-/m0/s1. The molecule has 1 fully saturated rings. The zero-order chi connectivity index (χ0) is 11.4. The van der Waals surface area contributed by atoms with Gasteiger partial charge in [-0.1, -0.05) is 5.16 Å².